The number of aliphatic carboxylic acids is 1. The minimum Gasteiger partial charge on any atom is -0.480 e. The third kappa shape index (κ3) is 3.20. The fourth-order valence-corrected chi connectivity index (χ4v) is 1.88. The largest absolute Gasteiger partial charge is 0.480 e. The van der Waals surface area contributed by atoms with E-state index < -0.39 is 18.1 Å². The second-order valence-corrected chi connectivity index (χ2v) is 5.53. The zero-order chi connectivity index (χ0) is 12.5. The number of nitrogens with zero attached hydrogens (tertiary/aromatic N) is 1. The molecule has 0 radical (unpaired) electrons. The molecule has 16 heavy (non-hydrogen) atoms. The Kier molecular flexibility index (Phi) is 3.57. The molecule has 2 atom stereocenters. The number of carbonyl (C=O) groups excluding carboxylic acids is 1. The average molecular weight is 229 g/mol. The van der Waals surface area contributed by atoms with Crippen LogP contribution in [0.2, 0.25) is 0 Å². The molecule has 1 saturated heterocycles. The molecule has 0 bridgehead atoms. The van der Waals surface area contributed by atoms with Crippen molar-refractivity contribution < 1.29 is 19.8 Å². The van der Waals surface area contributed by atoms with E-state index in [0.717, 1.165) is 0 Å². The molecule has 1 heterocycles. The molecule has 0 aromatic carbocycles. The van der Waals surface area contributed by atoms with Crippen molar-refractivity contribution in [1.82, 2.24) is 4.90 Å². The van der Waals surface area contributed by atoms with E-state index in [1.165, 1.54) is 4.90 Å². The number of aliphatic hydroxyl groups excluding tert-OH is 1. The second-order valence-electron chi connectivity index (χ2n) is 5.53. The van der Waals surface area contributed by atoms with Crippen molar-refractivity contribution in [2.24, 2.45) is 5.41 Å². The highest BCUT2D eigenvalue weighted by Crippen LogP contribution is 2.24. The number of amides is 1. The molecule has 0 unspecified atom stereocenters. The van der Waals surface area contributed by atoms with E-state index in [1.54, 1.807) is 0 Å². The quantitative estimate of drug-likeness (QED) is 0.721. The maximum Gasteiger partial charge on any atom is 0.326 e. The molecule has 1 amide bonds. The molecular weight excluding hydrogens is 210 g/mol. The van der Waals surface area contributed by atoms with Crippen LogP contribution in [-0.2, 0) is 9.59 Å². The van der Waals surface area contributed by atoms with E-state index in [0.29, 0.717) is 6.42 Å². The van der Waals surface area contributed by atoms with Gasteiger partial charge in [-0.2, -0.15) is 0 Å². The van der Waals surface area contributed by atoms with E-state index in [-0.39, 0.29) is 24.3 Å². The molecule has 0 aromatic heterocycles. The molecular formula is C11H19NO4. The number of carbonyl (C=O) groups is 2. The van der Waals surface area contributed by atoms with Crippen molar-refractivity contribution >= 4 is 11.9 Å². The second kappa shape index (κ2) is 4.41. The Morgan fingerprint density at radius 1 is 1.38 bits per heavy atom. The number of rotatable bonds is 2. The molecule has 0 aliphatic carbocycles. The Balaban J connectivity index is 2.71. The number of aliphatic hydroxyl groups is 1. The summed E-state index contributed by atoms with van der Waals surface area (Å²) in [5, 5.41) is 18.4. The van der Waals surface area contributed by atoms with Crippen LogP contribution >= 0.6 is 0 Å². The summed E-state index contributed by atoms with van der Waals surface area (Å²) in [6.07, 6.45) is -0.292. The fourth-order valence-electron chi connectivity index (χ4n) is 1.88. The normalized spacial score (nSPS) is 25.9. The summed E-state index contributed by atoms with van der Waals surface area (Å²) >= 11 is 0. The first-order valence-electron chi connectivity index (χ1n) is 5.41. The zero-order valence-corrected chi connectivity index (χ0v) is 9.93. The topological polar surface area (TPSA) is 77.8 Å². The first-order chi connectivity index (χ1) is 7.20. The van der Waals surface area contributed by atoms with Crippen LogP contribution in [0.15, 0.2) is 0 Å². The highest BCUT2D eigenvalue weighted by Gasteiger charge is 2.39. The summed E-state index contributed by atoms with van der Waals surface area (Å²) in [7, 11) is 0. The van der Waals surface area contributed by atoms with Crippen molar-refractivity contribution in [2.45, 2.75) is 45.8 Å². The molecule has 1 aliphatic heterocycles. The van der Waals surface area contributed by atoms with Gasteiger partial charge in [0.1, 0.15) is 6.04 Å². The van der Waals surface area contributed by atoms with Gasteiger partial charge in [0.05, 0.1) is 6.10 Å². The van der Waals surface area contributed by atoms with E-state index in [2.05, 4.69) is 0 Å². The lowest BCUT2D eigenvalue weighted by Crippen LogP contribution is -2.41. The fraction of sp³-hybridized carbons (Fsp3) is 0.818. The summed E-state index contributed by atoms with van der Waals surface area (Å²) < 4.78 is 0. The number of carboxylic acids is 1. The summed E-state index contributed by atoms with van der Waals surface area (Å²) in [6, 6.07) is -0.871. The number of carboxylic acid groups (broad SMARTS) is 1. The summed E-state index contributed by atoms with van der Waals surface area (Å²) in [4.78, 5) is 24.1. The maximum absolute atomic E-state index is 11.9. The molecule has 1 fully saturated rings. The van der Waals surface area contributed by atoms with Crippen LogP contribution in [0.4, 0.5) is 0 Å². The van der Waals surface area contributed by atoms with Gasteiger partial charge in [0.2, 0.25) is 5.91 Å². The molecule has 1 aliphatic rings. The molecule has 0 spiro atoms. The van der Waals surface area contributed by atoms with Gasteiger partial charge in [0.25, 0.3) is 0 Å². The van der Waals surface area contributed by atoms with Gasteiger partial charge in [-0.25, -0.2) is 4.79 Å². The Bertz CT molecular complexity index is 295. The third-order valence-electron chi connectivity index (χ3n) is 2.57. The predicted molar refractivity (Wildman–Crippen MR) is 57.8 cm³/mol. The molecule has 0 aromatic rings. The highest BCUT2D eigenvalue weighted by atomic mass is 16.4. The Hall–Kier alpha value is -1.10. The van der Waals surface area contributed by atoms with Crippen LogP contribution in [0.3, 0.4) is 0 Å². The minimum absolute atomic E-state index is 0.130. The minimum atomic E-state index is -1.04. The average Bonchev–Trinajstić information content (AvgIpc) is 2.44. The van der Waals surface area contributed by atoms with Crippen molar-refractivity contribution in [3.05, 3.63) is 0 Å². The third-order valence-corrected chi connectivity index (χ3v) is 2.57. The van der Waals surface area contributed by atoms with Gasteiger partial charge in [-0.15, -0.1) is 0 Å². The standard InChI is InChI=1S/C11H19NO4/c1-11(2,3)5-9(14)12-6-7(13)4-8(12)10(15)16/h7-8,13H,4-6H2,1-3H3,(H,15,16)/t7-,8-/m1/s1. The zero-order valence-electron chi connectivity index (χ0n) is 9.93. The van der Waals surface area contributed by atoms with E-state index in [1.807, 2.05) is 20.8 Å². The van der Waals surface area contributed by atoms with Gasteiger partial charge in [0.15, 0.2) is 0 Å². The first kappa shape index (κ1) is 13.0. The van der Waals surface area contributed by atoms with Gasteiger partial charge >= 0.3 is 5.97 Å². The van der Waals surface area contributed by atoms with E-state index >= 15 is 0 Å². The SMILES string of the molecule is CC(C)(C)CC(=O)N1C[C@H](O)C[C@@H]1C(=O)O. The monoisotopic (exact) mass is 229 g/mol. The number of hydrogen-bond acceptors (Lipinski definition) is 3. The van der Waals surface area contributed by atoms with Crippen molar-refractivity contribution in [1.29, 1.82) is 0 Å². The Morgan fingerprint density at radius 2 is 1.94 bits per heavy atom. The van der Waals surface area contributed by atoms with Crippen molar-refractivity contribution in [3.63, 3.8) is 0 Å². The predicted octanol–water partition coefficient (Wildman–Crippen LogP) is 0.469. The lowest BCUT2D eigenvalue weighted by atomic mass is 9.91. The lowest BCUT2D eigenvalue weighted by molar-refractivity contribution is -0.148. The first-order valence-corrected chi connectivity index (χ1v) is 5.41. The van der Waals surface area contributed by atoms with Gasteiger partial charge in [-0.1, -0.05) is 20.8 Å². The van der Waals surface area contributed by atoms with Gasteiger partial charge in [-0.05, 0) is 5.41 Å². The molecule has 0 saturated carbocycles. The maximum atomic E-state index is 11.9. The Morgan fingerprint density at radius 3 is 2.38 bits per heavy atom. The molecule has 5 nitrogen and oxygen atoms in total. The van der Waals surface area contributed by atoms with Crippen LogP contribution in [0, 0.1) is 5.41 Å². The number of likely N-dealkylation sites (tertiary alicyclic amines) is 1. The number of hydrogen-bond donors (Lipinski definition) is 2. The van der Waals surface area contributed by atoms with Crippen LogP contribution in [0.5, 0.6) is 0 Å². The van der Waals surface area contributed by atoms with E-state index in [9.17, 15) is 14.7 Å². The smallest absolute Gasteiger partial charge is 0.326 e. The van der Waals surface area contributed by atoms with E-state index in [4.69, 9.17) is 5.11 Å². The lowest BCUT2D eigenvalue weighted by Gasteiger charge is -2.25. The van der Waals surface area contributed by atoms with Crippen LogP contribution in [0.25, 0.3) is 0 Å². The van der Waals surface area contributed by atoms with Gasteiger partial charge in [-0.3, -0.25) is 4.79 Å². The number of β-amino-alcohol motifs (C(OH)–C–C–N with tert-alkyl or cyclic N) is 1. The van der Waals surface area contributed by atoms with Crippen molar-refractivity contribution in [3.8, 4) is 0 Å². The Labute approximate surface area is 95.1 Å². The summed E-state index contributed by atoms with van der Waals surface area (Å²) in [5.41, 5.74) is -0.173. The van der Waals surface area contributed by atoms with Gasteiger partial charge in [0, 0.05) is 19.4 Å². The van der Waals surface area contributed by atoms with Crippen LogP contribution < -0.4 is 0 Å². The summed E-state index contributed by atoms with van der Waals surface area (Å²) in [5.74, 6) is -1.24. The van der Waals surface area contributed by atoms with Crippen LogP contribution in [0.1, 0.15) is 33.6 Å². The van der Waals surface area contributed by atoms with Crippen LogP contribution in [-0.4, -0.2) is 45.7 Å². The highest BCUT2D eigenvalue weighted by molar-refractivity contribution is 5.84. The molecule has 5 heteroatoms. The molecule has 1 rings (SSSR count). The molecule has 2 N–H and O–H groups in total. The molecule has 92 valence electrons. The van der Waals surface area contributed by atoms with Gasteiger partial charge < -0.3 is 15.1 Å². The summed E-state index contributed by atoms with van der Waals surface area (Å²) in [6.45, 7) is 5.90. The van der Waals surface area contributed by atoms with Crippen molar-refractivity contribution in [2.75, 3.05) is 6.54 Å².